The predicted octanol–water partition coefficient (Wildman–Crippen LogP) is 0.689. The molecule has 1 aliphatic rings. The number of rotatable bonds is 3. The molecule has 100 valence electrons. The van der Waals surface area contributed by atoms with Crippen LogP contribution in [0, 0.1) is 0 Å². The van der Waals surface area contributed by atoms with E-state index in [1.54, 1.807) is 18.2 Å². The van der Waals surface area contributed by atoms with Crippen molar-refractivity contribution in [1.29, 1.82) is 0 Å². The molecule has 0 spiro atoms. The van der Waals surface area contributed by atoms with Gasteiger partial charge in [0.05, 0.1) is 22.1 Å². The van der Waals surface area contributed by atoms with Gasteiger partial charge in [-0.15, -0.1) is 0 Å². The maximum atomic E-state index is 11.6. The highest BCUT2D eigenvalue weighted by Crippen LogP contribution is 2.24. The average molecular weight is 289 g/mol. The van der Waals surface area contributed by atoms with E-state index in [1.807, 2.05) is 0 Å². The molecule has 0 amide bonds. The molecule has 18 heavy (non-hydrogen) atoms. The maximum Gasteiger partial charge on any atom is 0.177 e. The van der Waals surface area contributed by atoms with Crippen LogP contribution in [-0.4, -0.2) is 40.6 Å². The zero-order valence-electron chi connectivity index (χ0n) is 9.96. The average Bonchev–Trinajstić information content (AvgIpc) is 2.57. The fourth-order valence-corrected chi connectivity index (χ4v) is 4.56. The molecule has 1 unspecified atom stereocenters. The van der Waals surface area contributed by atoms with E-state index >= 15 is 0 Å². The zero-order valence-corrected chi connectivity index (χ0v) is 11.6. The first-order chi connectivity index (χ1) is 8.28. The van der Waals surface area contributed by atoms with Gasteiger partial charge in [0.1, 0.15) is 0 Å². The molecule has 1 saturated heterocycles. The summed E-state index contributed by atoms with van der Waals surface area (Å²) < 4.78 is 45.9. The first kappa shape index (κ1) is 13.4. The minimum Gasteiger partial charge on any atom is -0.380 e. The van der Waals surface area contributed by atoms with Gasteiger partial charge >= 0.3 is 0 Å². The van der Waals surface area contributed by atoms with Crippen molar-refractivity contribution in [2.24, 2.45) is 0 Å². The summed E-state index contributed by atoms with van der Waals surface area (Å²) in [6.45, 7) is 0. The lowest BCUT2D eigenvalue weighted by atomic mass is 10.2. The van der Waals surface area contributed by atoms with Crippen molar-refractivity contribution in [2.75, 3.05) is 23.1 Å². The zero-order chi connectivity index (χ0) is 13.4. The summed E-state index contributed by atoms with van der Waals surface area (Å²) in [7, 11) is -6.29. The number of hydrogen-bond acceptors (Lipinski definition) is 5. The number of benzene rings is 1. The van der Waals surface area contributed by atoms with Gasteiger partial charge in [-0.3, -0.25) is 0 Å². The second kappa shape index (κ2) is 4.55. The molecule has 1 aromatic carbocycles. The summed E-state index contributed by atoms with van der Waals surface area (Å²) in [5.41, 5.74) is 0.474. The number of sulfone groups is 2. The van der Waals surface area contributed by atoms with Crippen molar-refractivity contribution >= 4 is 25.4 Å². The Morgan fingerprint density at radius 2 is 1.94 bits per heavy atom. The van der Waals surface area contributed by atoms with Gasteiger partial charge in [-0.05, 0) is 18.6 Å². The third-order valence-electron chi connectivity index (χ3n) is 2.88. The largest absolute Gasteiger partial charge is 0.380 e. The molecule has 1 aliphatic heterocycles. The van der Waals surface area contributed by atoms with Crippen LogP contribution in [0.5, 0.6) is 0 Å². The number of anilines is 1. The second-order valence-corrected chi connectivity index (χ2v) is 8.73. The van der Waals surface area contributed by atoms with Gasteiger partial charge in [0.2, 0.25) is 0 Å². The molecule has 2 rings (SSSR count). The normalized spacial score (nSPS) is 22.8. The smallest absolute Gasteiger partial charge is 0.177 e. The summed E-state index contributed by atoms with van der Waals surface area (Å²) in [4.78, 5) is 0.203. The van der Waals surface area contributed by atoms with E-state index in [0.717, 1.165) is 6.26 Å². The molecule has 0 saturated carbocycles. The Balaban J connectivity index is 2.26. The molecule has 1 heterocycles. The molecule has 1 atom stereocenters. The second-order valence-electron chi connectivity index (χ2n) is 4.51. The number of hydrogen-bond donors (Lipinski definition) is 1. The summed E-state index contributed by atoms with van der Waals surface area (Å²) in [6, 6.07) is 6.33. The molecule has 0 radical (unpaired) electrons. The molecular formula is C11H15NO4S2. The highest BCUT2D eigenvalue weighted by Gasteiger charge is 2.28. The van der Waals surface area contributed by atoms with Crippen LogP contribution >= 0.6 is 0 Å². The van der Waals surface area contributed by atoms with Crippen LogP contribution in [0.25, 0.3) is 0 Å². The molecular weight excluding hydrogens is 274 g/mol. The van der Waals surface area contributed by atoms with Crippen LogP contribution in [0.15, 0.2) is 29.2 Å². The van der Waals surface area contributed by atoms with Gasteiger partial charge in [0.15, 0.2) is 19.7 Å². The van der Waals surface area contributed by atoms with Crippen LogP contribution in [-0.2, 0) is 19.7 Å². The highest BCUT2D eigenvalue weighted by molar-refractivity contribution is 7.91. The van der Waals surface area contributed by atoms with E-state index in [1.165, 1.54) is 6.07 Å². The van der Waals surface area contributed by atoms with Gasteiger partial charge in [-0.25, -0.2) is 16.8 Å². The predicted molar refractivity (Wildman–Crippen MR) is 70.2 cm³/mol. The van der Waals surface area contributed by atoms with Gasteiger partial charge in [-0.1, -0.05) is 12.1 Å². The maximum absolute atomic E-state index is 11.6. The Hall–Kier alpha value is -1.08. The Labute approximate surface area is 107 Å². The third-order valence-corrected chi connectivity index (χ3v) is 5.80. The summed E-state index contributed by atoms with van der Waals surface area (Å²) in [5.74, 6) is 0.219. The highest BCUT2D eigenvalue weighted by atomic mass is 32.2. The Kier molecular flexibility index (Phi) is 3.37. The summed E-state index contributed by atoms with van der Waals surface area (Å²) in [5, 5.41) is 3.01. The number of para-hydroxylation sites is 1. The van der Waals surface area contributed by atoms with E-state index in [4.69, 9.17) is 0 Å². The van der Waals surface area contributed by atoms with Crippen LogP contribution in [0.3, 0.4) is 0 Å². The third kappa shape index (κ3) is 3.02. The molecule has 0 aliphatic carbocycles. The van der Waals surface area contributed by atoms with Crippen molar-refractivity contribution in [2.45, 2.75) is 17.4 Å². The first-order valence-electron chi connectivity index (χ1n) is 5.54. The SMILES string of the molecule is CS(=O)(=O)c1ccccc1NC1CCS(=O)(=O)C1. The van der Waals surface area contributed by atoms with Crippen LogP contribution in [0.2, 0.25) is 0 Å². The van der Waals surface area contributed by atoms with Crippen LogP contribution in [0.1, 0.15) is 6.42 Å². The Bertz CT molecular complexity index is 649. The molecule has 1 aromatic rings. The van der Waals surface area contributed by atoms with Gasteiger partial charge in [-0.2, -0.15) is 0 Å². The standard InChI is InChI=1S/C11H15NO4S2/c1-17(13,14)11-5-3-2-4-10(11)12-9-6-7-18(15,16)8-9/h2-5,9,12H,6-8H2,1H3. The fourth-order valence-electron chi connectivity index (χ4n) is 2.04. The van der Waals surface area contributed by atoms with E-state index < -0.39 is 19.7 Å². The minimum atomic E-state index is -3.32. The van der Waals surface area contributed by atoms with Crippen LogP contribution < -0.4 is 5.32 Å². The Morgan fingerprint density at radius 3 is 2.50 bits per heavy atom. The lowest BCUT2D eigenvalue weighted by molar-refractivity contribution is 0.600. The van der Waals surface area contributed by atoms with E-state index in [-0.39, 0.29) is 22.4 Å². The topological polar surface area (TPSA) is 80.3 Å². The molecule has 0 aromatic heterocycles. The van der Waals surface area contributed by atoms with Crippen molar-refractivity contribution in [3.63, 3.8) is 0 Å². The molecule has 1 fully saturated rings. The van der Waals surface area contributed by atoms with E-state index in [9.17, 15) is 16.8 Å². The Morgan fingerprint density at radius 1 is 1.28 bits per heavy atom. The van der Waals surface area contributed by atoms with Crippen molar-refractivity contribution in [3.05, 3.63) is 24.3 Å². The molecule has 5 nitrogen and oxygen atoms in total. The summed E-state index contributed by atoms with van der Waals surface area (Å²) in [6.07, 6.45) is 1.65. The lowest BCUT2D eigenvalue weighted by Gasteiger charge is -2.15. The van der Waals surface area contributed by atoms with E-state index in [0.29, 0.717) is 12.1 Å². The van der Waals surface area contributed by atoms with Gasteiger partial charge < -0.3 is 5.32 Å². The van der Waals surface area contributed by atoms with E-state index in [2.05, 4.69) is 5.32 Å². The quantitative estimate of drug-likeness (QED) is 0.885. The van der Waals surface area contributed by atoms with Crippen molar-refractivity contribution < 1.29 is 16.8 Å². The first-order valence-corrected chi connectivity index (χ1v) is 9.25. The van der Waals surface area contributed by atoms with Gasteiger partial charge in [0, 0.05) is 12.3 Å². The molecule has 0 bridgehead atoms. The molecule has 1 N–H and O–H groups in total. The van der Waals surface area contributed by atoms with Crippen molar-refractivity contribution in [1.82, 2.24) is 0 Å². The number of nitrogens with one attached hydrogen (secondary N) is 1. The monoisotopic (exact) mass is 289 g/mol. The minimum absolute atomic E-state index is 0.0606. The van der Waals surface area contributed by atoms with Gasteiger partial charge in [0.25, 0.3) is 0 Å². The fraction of sp³-hybridized carbons (Fsp3) is 0.455. The summed E-state index contributed by atoms with van der Waals surface area (Å²) >= 11 is 0. The lowest BCUT2D eigenvalue weighted by Crippen LogP contribution is -2.21. The van der Waals surface area contributed by atoms with Crippen molar-refractivity contribution in [3.8, 4) is 0 Å². The molecule has 7 heteroatoms. The van der Waals surface area contributed by atoms with Crippen LogP contribution in [0.4, 0.5) is 5.69 Å².